The quantitative estimate of drug-likeness (QED) is 0.143. The van der Waals surface area contributed by atoms with Gasteiger partial charge in [0.2, 0.25) is 23.6 Å². The number of ether oxygens (including phenoxy) is 2. The van der Waals surface area contributed by atoms with Crippen molar-refractivity contribution in [3.8, 4) is 0 Å². The molecule has 0 radical (unpaired) electrons. The molecule has 52 heavy (non-hydrogen) atoms. The number of rotatable bonds is 18. The lowest BCUT2D eigenvalue weighted by molar-refractivity contribution is -0.144. The number of hydrogen-bond donors (Lipinski definition) is 5. The van der Waals surface area contributed by atoms with Crippen LogP contribution < -0.4 is 26.6 Å². The van der Waals surface area contributed by atoms with Gasteiger partial charge in [-0.1, -0.05) is 64.4 Å². The van der Waals surface area contributed by atoms with E-state index in [4.69, 9.17) is 9.47 Å². The van der Waals surface area contributed by atoms with Crippen LogP contribution in [0.4, 0.5) is 4.79 Å². The van der Waals surface area contributed by atoms with Crippen molar-refractivity contribution in [2.45, 2.75) is 117 Å². The number of hydrogen-bond acceptors (Lipinski definition) is 9. The molecule has 0 saturated carbocycles. The second kappa shape index (κ2) is 20.2. The van der Waals surface area contributed by atoms with Crippen LogP contribution in [-0.4, -0.2) is 88.2 Å². The highest BCUT2D eigenvalue weighted by molar-refractivity contribution is 5.96. The van der Waals surface area contributed by atoms with Crippen molar-refractivity contribution in [2.75, 3.05) is 7.11 Å². The molecule has 1 heterocycles. The first-order valence-corrected chi connectivity index (χ1v) is 17.6. The molecule has 0 aliphatic heterocycles. The molecular formula is C37H57N7O8. The second-order valence-electron chi connectivity index (χ2n) is 14.5. The molecule has 6 atom stereocenters. The summed E-state index contributed by atoms with van der Waals surface area (Å²) in [6, 6.07) is 3.71. The summed E-state index contributed by atoms with van der Waals surface area (Å²) in [7, 11) is 2.97. The highest BCUT2D eigenvalue weighted by Gasteiger charge is 2.35. The number of imidazole rings is 1. The fraction of sp³-hybridized carbons (Fsp3) is 0.595. The zero-order valence-corrected chi connectivity index (χ0v) is 32.1. The first-order valence-electron chi connectivity index (χ1n) is 17.6. The molecule has 15 nitrogen and oxygen atoms in total. The molecule has 288 valence electrons. The van der Waals surface area contributed by atoms with Crippen LogP contribution in [0.1, 0.15) is 79.5 Å². The van der Waals surface area contributed by atoms with Gasteiger partial charge in [-0.2, -0.15) is 0 Å². The van der Waals surface area contributed by atoms with Crippen molar-refractivity contribution in [1.29, 1.82) is 0 Å². The van der Waals surface area contributed by atoms with Crippen LogP contribution in [0.2, 0.25) is 0 Å². The van der Waals surface area contributed by atoms with Crippen molar-refractivity contribution < 1.29 is 38.2 Å². The molecule has 15 heteroatoms. The Balaban J connectivity index is 2.34. The van der Waals surface area contributed by atoms with Gasteiger partial charge in [-0.15, -0.1) is 0 Å². The van der Waals surface area contributed by atoms with Gasteiger partial charge in [0, 0.05) is 31.8 Å². The molecule has 0 spiro atoms. The third-order valence-corrected chi connectivity index (χ3v) is 8.30. The first-order chi connectivity index (χ1) is 24.3. The van der Waals surface area contributed by atoms with Crippen LogP contribution in [0.3, 0.4) is 0 Å². The van der Waals surface area contributed by atoms with Crippen LogP contribution >= 0.6 is 0 Å². The van der Waals surface area contributed by atoms with Gasteiger partial charge in [0.25, 0.3) is 0 Å². The smallest absolute Gasteiger partial charge is 0.408 e. The Morgan fingerprint density at radius 1 is 0.788 bits per heavy atom. The fourth-order valence-electron chi connectivity index (χ4n) is 5.25. The summed E-state index contributed by atoms with van der Waals surface area (Å²) >= 11 is 0. The number of carbonyl (C=O) groups excluding carboxylic acids is 6. The summed E-state index contributed by atoms with van der Waals surface area (Å²) in [5.41, 5.74) is 0.603. The van der Waals surface area contributed by atoms with E-state index in [9.17, 15) is 28.8 Å². The van der Waals surface area contributed by atoms with Gasteiger partial charge in [-0.25, -0.2) is 14.6 Å². The SMILES string of the molecule is CC[C@H](C)[C@@H](NC(=O)[C@H](CC(C)C)NC(=O)[C@H](Cc1cncn1C)NC(=O)OC(C)(C)C)C(=O)N[C@@H](Cc1ccccc1)C(=O)N[C@@H](C)C(=O)OC. The standard InChI is InChI=1S/C37H57N7O8/c1-11-23(4)30(34(48)41-28(18-25-15-13-12-14-16-25)31(45)39-24(5)35(49)51-10)43-33(47)27(17-22(2)3)40-32(46)29(19-26-20-38-21-44(26)9)42-36(50)52-37(6,7)8/h12-16,20-24,27-30H,11,17-19H2,1-10H3,(H,39,45)(H,40,46)(H,41,48)(H,42,50)(H,43,47)/t23-,24-,27-,28-,29-,30+/m0/s1. The largest absolute Gasteiger partial charge is 0.467 e. The maximum Gasteiger partial charge on any atom is 0.408 e. The van der Waals surface area contributed by atoms with Crippen molar-refractivity contribution in [2.24, 2.45) is 18.9 Å². The second-order valence-corrected chi connectivity index (χ2v) is 14.5. The van der Waals surface area contributed by atoms with Gasteiger partial charge < -0.3 is 40.6 Å². The van der Waals surface area contributed by atoms with Crippen LogP contribution in [-0.2, 0) is 53.3 Å². The number of amides is 5. The van der Waals surface area contributed by atoms with Gasteiger partial charge in [-0.05, 0) is 51.5 Å². The molecule has 5 N–H and O–H groups in total. The average Bonchev–Trinajstić information content (AvgIpc) is 3.48. The lowest BCUT2D eigenvalue weighted by atomic mass is 9.95. The number of esters is 1. The Hall–Kier alpha value is -4.95. The molecule has 0 saturated heterocycles. The summed E-state index contributed by atoms with van der Waals surface area (Å²) in [6.45, 7) is 14.0. The van der Waals surface area contributed by atoms with E-state index in [1.165, 1.54) is 14.0 Å². The Bertz CT molecular complexity index is 1500. The molecular weight excluding hydrogens is 670 g/mol. The first kappa shape index (κ1) is 43.2. The molecule has 2 aromatic rings. The maximum absolute atomic E-state index is 14.0. The predicted octanol–water partition coefficient (Wildman–Crippen LogP) is 2.32. The summed E-state index contributed by atoms with van der Waals surface area (Å²) in [5.74, 6) is -3.52. The van der Waals surface area contributed by atoms with Crippen LogP contribution in [0.15, 0.2) is 42.9 Å². The van der Waals surface area contributed by atoms with E-state index in [0.717, 1.165) is 5.56 Å². The molecule has 2 rings (SSSR count). The van der Waals surface area contributed by atoms with E-state index >= 15 is 0 Å². The summed E-state index contributed by atoms with van der Waals surface area (Å²) < 4.78 is 11.8. The molecule has 0 fully saturated rings. The Kier molecular flexibility index (Phi) is 16.8. The van der Waals surface area contributed by atoms with E-state index in [0.29, 0.717) is 12.1 Å². The van der Waals surface area contributed by atoms with Gasteiger partial charge in [-0.3, -0.25) is 19.2 Å². The minimum atomic E-state index is -1.12. The molecule has 1 aromatic heterocycles. The van der Waals surface area contributed by atoms with Gasteiger partial charge in [0.1, 0.15) is 35.8 Å². The highest BCUT2D eigenvalue weighted by atomic mass is 16.6. The van der Waals surface area contributed by atoms with Crippen LogP contribution in [0, 0.1) is 11.8 Å². The number of benzene rings is 1. The minimum Gasteiger partial charge on any atom is -0.467 e. The summed E-state index contributed by atoms with van der Waals surface area (Å²) in [5, 5.41) is 13.6. The van der Waals surface area contributed by atoms with Gasteiger partial charge in [0.15, 0.2) is 0 Å². The molecule has 0 unspecified atom stereocenters. The number of aromatic nitrogens is 2. The van der Waals surface area contributed by atoms with Crippen LogP contribution in [0.5, 0.6) is 0 Å². The maximum atomic E-state index is 14.0. The van der Waals surface area contributed by atoms with Crippen molar-refractivity contribution in [1.82, 2.24) is 36.1 Å². The third-order valence-electron chi connectivity index (χ3n) is 8.30. The fourth-order valence-corrected chi connectivity index (χ4v) is 5.25. The number of nitrogens with zero attached hydrogens (tertiary/aromatic N) is 2. The Labute approximate surface area is 306 Å². The van der Waals surface area contributed by atoms with Crippen LogP contribution in [0.25, 0.3) is 0 Å². The zero-order chi connectivity index (χ0) is 39.2. The van der Waals surface area contributed by atoms with Gasteiger partial charge in [0.05, 0.1) is 13.4 Å². The lowest BCUT2D eigenvalue weighted by Gasteiger charge is -2.30. The molecule has 0 aliphatic carbocycles. The average molecular weight is 728 g/mol. The predicted molar refractivity (Wildman–Crippen MR) is 195 cm³/mol. The number of methoxy groups -OCH3 is 1. The van der Waals surface area contributed by atoms with E-state index in [1.54, 1.807) is 64.0 Å². The number of carbonyl (C=O) groups is 6. The normalized spacial score (nSPS) is 14.8. The third kappa shape index (κ3) is 14.3. The molecule has 0 aliphatic rings. The molecule has 5 amide bonds. The lowest BCUT2D eigenvalue weighted by Crippen LogP contribution is -2.60. The number of alkyl carbamates (subject to hydrolysis) is 1. The number of nitrogens with one attached hydrogen (secondary N) is 5. The van der Waals surface area contributed by atoms with Gasteiger partial charge >= 0.3 is 12.1 Å². The molecule has 1 aromatic carbocycles. The topological polar surface area (TPSA) is 199 Å². The van der Waals surface area contributed by atoms with Crippen molar-refractivity contribution in [3.05, 3.63) is 54.1 Å². The highest BCUT2D eigenvalue weighted by Crippen LogP contribution is 2.14. The van der Waals surface area contributed by atoms with Crippen molar-refractivity contribution >= 4 is 35.7 Å². The minimum absolute atomic E-state index is 0.0444. The van der Waals surface area contributed by atoms with E-state index < -0.39 is 71.5 Å². The monoisotopic (exact) mass is 727 g/mol. The zero-order valence-electron chi connectivity index (χ0n) is 32.1. The van der Waals surface area contributed by atoms with E-state index in [1.807, 2.05) is 39.0 Å². The number of aryl methyl sites for hydroxylation is 1. The Morgan fingerprint density at radius 3 is 1.90 bits per heavy atom. The Morgan fingerprint density at radius 2 is 1.37 bits per heavy atom. The van der Waals surface area contributed by atoms with E-state index in [2.05, 4.69) is 31.6 Å². The molecule has 0 bridgehead atoms. The van der Waals surface area contributed by atoms with Crippen molar-refractivity contribution in [3.63, 3.8) is 0 Å². The summed E-state index contributed by atoms with van der Waals surface area (Å²) in [6.07, 6.45) is 3.25. The summed E-state index contributed by atoms with van der Waals surface area (Å²) in [4.78, 5) is 84.0. The van der Waals surface area contributed by atoms with E-state index in [-0.39, 0.29) is 31.1 Å².